The second-order valence-corrected chi connectivity index (χ2v) is 9.68. The van der Waals surface area contributed by atoms with Gasteiger partial charge in [0, 0.05) is 16.5 Å². The minimum absolute atomic E-state index is 0.136. The zero-order valence-corrected chi connectivity index (χ0v) is 20.1. The third-order valence-corrected chi connectivity index (χ3v) is 7.18. The van der Waals surface area contributed by atoms with E-state index in [-0.39, 0.29) is 12.2 Å². The van der Waals surface area contributed by atoms with Crippen LogP contribution in [0.15, 0.2) is 67.3 Å². The fraction of sp³-hybridized carbons (Fsp3) is 0.227. The van der Waals surface area contributed by atoms with Crippen molar-refractivity contribution in [3.8, 4) is 0 Å². The summed E-state index contributed by atoms with van der Waals surface area (Å²) in [6, 6.07) is 11.0. The molecule has 0 aliphatic carbocycles. The Morgan fingerprint density at radius 2 is 2.03 bits per heavy atom. The maximum Gasteiger partial charge on any atom is 0.338 e. The van der Waals surface area contributed by atoms with Crippen LogP contribution in [-0.4, -0.2) is 30.9 Å². The Bertz CT molecular complexity index is 1300. The zero-order valence-electron chi connectivity index (χ0n) is 16.8. The van der Waals surface area contributed by atoms with Crippen molar-refractivity contribution in [1.29, 1.82) is 0 Å². The van der Waals surface area contributed by atoms with Gasteiger partial charge in [0.05, 0.1) is 22.4 Å². The van der Waals surface area contributed by atoms with E-state index in [0.29, 0.717) is 27.2 Å². The molecule has 0 amide bonds. The molecule has 31 heavy (non-hydrogen) atoms. The molecule has 0 bridgehead atoms. The Morgan fingerprint density at radius 1 is 1.26 bits per heavy atom. The molecule has 1 unspecified atom stereocenters. The molecule has 160 valence electrons. The quantitative estimate of drug-likeness (QED) is 0.371. The van der Waals surface area contributed by atoms with Gasteiger partial charge < -0.3 is 9.47 Å². The van der Waals surface area contributed by atoms with Crippen LogP contribution in [0.5, 0.6) is 0 Å². The SMILES string of the molecule is COCCOC(=O)C1=C(C)N=c2s/c(=C\c3ccc(Br)cc3)c(=O)n2C1c1cccs1. The molecule has 1 aliphatic heterocycles. The van der Waals surface area contributed by atoms with E-state index in [9.17, 15) is 9.59 Å². The van der Waals surface area contributed by atoms with Gasteiger partial charge in [-0.1, -0.05) is 45.5 Å². The number of thiophene rings is 1. The summed E-state index contributed by atoms with van der Waals surface area (Å²) in [6.45, 7) is 2.21. The number of halogens is 1. The molecular formula is C22H19BrN2O4S2. The van der Waals surface area contributed by atoms with Gasteiger partial charge in [0.25, 0.3) is 5.56 Å². The summed E-state index contributed by atoms with van der Waals surface area (Å²) in [5.74, 6) is -0.487. The molecule has 6 nitrogen and oxygen atoms in total. The number of hydrogen-bond donors (Lipinski definition) is 0. The molecule has 2 aromatic heterocycles. The second-order valence-electron chi connectivity index (χ2n) is 6.78. The fourth-order valence-corrected chi connectivity index (χ4v) is 5.44. The molecule has 1 atom stereocenters. The van der Waals surface area contributed by atoms with E-state index in [2.05, 4.69) is 20.9 Å². The van der Waals surface area contributed by atoms with E-state index < -0.39 is 12.0 Å². The molecule has 3 aromatic rings. The summed E-state index contributed by atoms with van der Waals surface area (Å²) in [4.78, 5) is 32.4. The van der Waals surface area contributed by atoms with Crippen molar-refractivity contribution in [3.63, 3.8) is 0 Å². The van der Waals surface area contributed by atoms with Crippen LogP contribution in [0.3, 0.4) is 0 Å². The summed E-state index contributed by atoms with van der Waals surface area (Å²) in [5.41, 5.74) is 1.66. The van der Waals surface area contributed by atoms with Crippen LogP contribution in [-0.2, 0) is 14.3 Å². The molecule has 0 saturated carbocycles. The van der Waals surface area contributed by atoms with Crippen molar-refractivity contribution in [3.05, 3.63) is 87.6 Å². The van der Waals surface area contributed by atoms with Crippen molar-refractivity contribution in [2.75, 3.05) is 20.3 Å². The predicted molar refractivity (Wildman–Crippen MR) is 125 cm³/mol. The number of fused-ring (bicyclic) bond motifs is 1. The first-order valence-corrected chi connectivity index (χ1v) is 12.0. The smallest absolute Gasteiger partial charge is 0.338 e. The number of esters is 1. The van der Waals surface area contributed by atoms with Gasteiger partial charge in [-0.3, -0.25) is 9.36 Å². The van der Waals surface area contributed by atoms with Gasteiger partial charge >= 0.3 is 5.97 Å². The minimum Gasteiger partial charge on any atom is -0.460 e. The summed E-state index contributed by atoms with van der Waals surface area (Å²) in [7, 11) is 1.55. The molecule has 9 heteroatoms. The number of benzene rings is 1. The van der Waals surface area contributed by atoms with Gasteiger partial charge in [-0.25, -0.2) is 9.79 Å². The first-order valence-electron chi connectivity index (χ1n) is 9.47. The molecule has 4 rings (SSSR count). The minimum atomic E-state index is -0.571. The van der Waals surface area contributed by atoms with Crippen molar-refractivity contribution in [2.45, 2.75) is 13.0 Å². The number of nitrogens with zero attached hydrogens (tertiary/aromatic N) is 2. The van der Waals surface area contributed by atoms with Gasteiger partial charge in [0.15, 0.2) is 4.80 Å². The van der Waals surface area contributed by atoms with Gasteiger partial charge in [0.1, 0.15) is 12.6 Å². The highest BCUT2D eigenvalue weighted by atomic mass is 79.9. The van der Waals surface area contributed by atoms with Gasteiger partial charge in [-0.2, -0.15) is 0 Å². The van der Waals surface area contributed by atoms with E-state index in [1.165, 1.54) is 22.7 Å². The van der Waals surface area contributed by atoms with Crippen LogP contribution in [0.4, 0.5) is 0 Å². The van der Waals surface area contributed by atoms with Gasteiger partial charge in [-0.05, 0) is 42.1 Å². The molecule has 0 radical (unpaired) electrons. The second kappa shape index (κ2) is 9.44. The lowest BCUT2D eigenvalue weighted by molar-refractivity contribution is -0.140. The Labute approximate surface area is 194 Å². The van der Waals surface area contributed by atoms with Crippen LogP contribution >= 0.6 is 38.6 Å². The largest absolute Gasteiger partial charge is 0.460 e. The van der Waals surface area contributed by atoms with Crippen molar-refractivity contribution in [2.24, 2.45) is 4.99 Å². The number of aromatic nitrogens is 1. The molecule has 0 saturated heterocycles. The van der Waals surface area contributed by atoms with E-state index in [1.807, 2.05) is 47.9 Å². The van der Waals surface area contributed by atoms with Crippen molar-refractivity contribution < 1.29 is 14.3 Å². The summed E-state index contributed by atoms with van der Waals surface area (Å²) in [6.07, 6.45) is 1.84. The first-order chi connectivity index (χ1) is 15.0. The number of carbonyl (C=O) groups is 1. The maximum absolute atomic E-state index is 13.4. The van der Waals surface area contributed by atoms with Crippen LogP contribution < -0.4 is 14.9 Å². The molecule has 0 spiro atoms. The van der Waals surface area contributed by atoms with E-state index in [0.717, 1.165) is 14.9 Å². The molecule has 1 aliphatic rings. The topological polar surface area (TPSA) is 69.9 Å². The number of ether oxygens (including phenoxy) is 2. The standard InChI is InChI=1S/C22H19BrN2O4S2/c1-13-18(21(27)29-10-9-28-2)19(16-4-3-11-30-16)25-20(26)17(31-22(25)24-13)12-14-5-7-15(23)8-6-14/h3-8,11-12,19H,9-10H2,1-2H3/b17-12-. The Morgan fingerprint density at radius 3 is 2.71 bits per heavy atom. The lowest BCUT2D eigenvalue weighted by Gasteiger charge is -2.23. The molecule has 1 aromatic carbocycles. The first kappa shape index (κ1) is 21.9. The van der Waals surface area contributed by atoms with Crippen molar-refractivity contribution >= 4 is 50.6 Å². The highest BCUT2D eigenvalue weighted by Gasteiger charge is 2.33. The monoisotopic (exact) mass is 518 g/mol. The normalized spacial score (nSPS) is 16.2. The Balaban J connectivity index is 1.84. The lowest BCUT2D eigenvalue weighted by Crippen LogP contribution is -2.39. The van der Waals surface area contributed by atoms with Crippen molar-refractivity contribution in [1.82, 2.24) is 4.57 Å². The average molecular weight is 519 g/mol. The molecular weight excluding hydrogens is 500 g/mol. The highest BCUT2D eigenvalue weighted by Crippen LogP contribution is 2.33. The van der Waals surface area contributed by atoms with E-state index in [4.69, 9.17) is 9.47 Å². The molecule has 0 fully saturated rings. The summed E-state index contributed by atoms with van der Waals surface area (Å²) < 4.78 is 13.5. The number of hydrogen-bond acceptors (Lipinski definition) is 7. The number of carbonyl (C=O) groups excluding carboxylic acids is 1. The predicted octanol–water partition coefficient (Wildman–Crippen LogP) is 3.25. The van der Waals surface area contributed by atoms with Gasteiger partial charge in [-0.15, -0.1) is 11.3 Å². The summed E-state index contributed by atoms with van der Waals surface area (Å²) >= 11 is 6.23. The summed E-state index contributed by atoms with van der Waals surface area (Å²) in [5, 5.41) is 1.93. The lowest BCUT2D eigenvalue weighted by atomic mass is 10.0. The average Bonchev–Trinajstić information content (AvgIpc) is 3.38. The Kier molecular flexibility index (Phi) is 6.66. The van der Waals surface area contributed by atoms with E-state index in [1.54, 1.807) is 18.6 Å². The van der Waals surface area contributed by atoms with Gasteiger partial charge in [0.2, 0.25) is 0 Å². The van der Waals surface area contributed by atoms with Crippen LogP contribution in [0.1, 0.15) is 23.4 Å². The fourth-order valence-electron chi connectivity index (χ4n) is 3.30. The van der Waals surface area contributed by atoms with Crippen LogP contribution in [0, 0.1) is 0 Å². The van der Waals surface area contributed by atoms with Crippen LogP contribution in [0.25, 0.3) is 6.08 Å². The number of thiazole rings is 1. The number of allylic oxidation sites excluding steroid dienone is 1. The molecule has 0 N–H and O–H groups in total. The van der Waals surface area contributed by atoms with Crippen LogP contribution in [0.2, 0.25) is 0 Å². The number of rotatable bonds is 6. The highest BCUT2D eigenvalue weighted by molar-refractivity contribution is 9.10. The molecule has 3 heterocycles. The third-order valence-electron chi connectivity index (χ3n) is 4.74. The zero-order chi connectivity index (χ0) is 22.0. The Hall–Kier alpha value is -2.33. The third kappa shape index (κ3) is 4.50. The van der Waals surface area contributed by atoms with E-state index >= 15 is 0 Å². The number of methoxy groups -OCH3 is 1. The maximum atomic E-state index is 13.4.